The number of thioether (sulfide) groups is 1. The summed E-state index contributed by atoms with van der Waals surface area (Å²) in [6.45, 7) is 1.92. The second-order valence-electron chi connectivity index (χ2n) is 7.95. The third-order valence-electron chi connectivity index (χ3n) is 5.50. The molecule has 1 aromatic carbocycles. The number of carbonyl (C=O) groups is 2. The van der Waals surface area contributed by atoms with E-state index in [2.05, 4.69) is 25.5 Å². The van der Waals surface area contributed by atoms with Gasteiger partial charge in [0, 0.05) is 37.7 Å². The van der Waals surface area contributed by atoms with E-state index in [1.807, 2.05) is 6.07 Å². The molecule has 1 aliphatic heterocycles. The van der Waals surface area contributed by atoms with Crippen LogP contribution in [0.1, 0.15) is 31.2 Å². The molecule has 0 bridgehead atoms. The fraction of sp³-hybridized carbons (Fsp3) is 0.455. The molecule has 2 heterocycles. The molecule has 0 unspecified atom stereocenters. The number of amides is 2. The van der Waals surface area contributed by atoms with Gasteiger partial charge in [-0.15, -0.1) is 0 Å². The Labute approximate surface area is 185 Å². The first-order valence-corrected chi connectivity index (χ1v) is 11.6. The fourth-order valence-corrected chi connectivity index (χ4v) is 4.18. The average Bonchev–Trinajstić information content (AvgIpc) is 3.61. The van der Waals surface area contributed by atoms with Gasteiger partial charge < -0.3 is 15.5 Å². The van der Waals surface area contributed by atoms with Gasteiger partial charge in [0.05, 0.1) is 5.75 Å². The first-order valence-electron chi connectivity index (χ1n) is 10.6. The summed E-state index contributed by atoms with van der Waals surface area (Å²) in [4.78, 5) is 35.2. The Bertz CT molecular complexity index is 914. The zero-order chi connectivity index (χ0) is 21.6. The maximum Gasteiger partial charge on any atom is 0.230 e. The van der Waals surface area contributed by atoms with Crippen LogP contribution in [0.15, 0.2) is 41.7 Å². The second-order valence-corrected chi connectivity index (χ2v) is 8.95. The van der Waals surface area contributed by atoms with Crippen LogP contribution in [0.4, 0.5) is 10.2 Å². The Balaban J connectivity index is 1.22. The van der Waals surface area contributed by atoms with Crippen molar-refractivity contribution in [1.29, 1.82) is 0 Å². The lowest BCUT2D eigenvalue weighted by Gasteiger charge is -2.32. The fourth-order valence-electron chi connectivity index (χ4n) is 3.49. The van der Waals surface area contributed by atoms with Crippen LogP contribution in [0.25, 0.3) is 0 Å². The molecule has 164 valence electrons. The number of nitrogens with zero attached hydrogens (tertiary/aromatic N) is 3. The lowest BCUT2D eigenvalue weighted by atomic mass is 9.96. The van der Waals surface area contributed by atoms with E-state index in [4.69, 9.17) is 0 Å². The molecule has 2 amide bonds. The van der Waals surface area contributed by atoms with E-state index in [1.165, 1.54) is 30.2 Å². The molecule has 2 N–H and O–H groups in total. The van der Waals surface area contributed by atoms with E-state index in [1.54, 1.807) is 12.1 Å². The molecule has 0 spiro atoms. The van der Waals surface area contributed by atoms with Crippen LogP contribution in [-0.2, 0) is 16.1 Å². The minimum absolute atomic E-state index is 0.0809. The van der Waals surface area contributed by atoms with E-state index in [-0.39, 0.29) is 29.3 Å². The van der Waals surface area contributed by atoms with Crippen molar-refractivity contribution in [2.45, 2.75) is 43.3 Å². The van der Waals surface area contributed by atoms with Gasteiger partial charge in [0.15, 0.2) is 0 Å². The number of rotatable bonds is 8. The number of anilines is 1. The molecule has 1 aliphatic carbocycles. The summed E-state index contributed by atoms with van der Waals surface area (Å²) in [6.07, 6.45) is 5.36. The number of hydrogen-bond acceptors (Lipinski definition) is 6. The molecule has 7 nitrogen and oxygen atoms in total. The van der Waals surface area contributed by atoms with Crippen molar-refractivity contribution >= 4 is 29.4 Å². The average molecular weight is 444 g/mol. The van der Waals surface area contributed by atoms with Crippen LogP contribution in [0.3, 0.4) is 0 Å². The summed E-state index contributed by atoms with van der Waals surface area (Å²) in [5.41, 5.74) is 0.846. The third kappa shape index (κ3) is 6.40. The first kappa shape index (κ1) is 21.5. The van der Waals surface area contributed by atoms with Gasteiger partial charge in [0.1, 0.15) is 23.0 Å². The zero-order valence-corrected chi connectivity index (χ0v) is 18.0. The van der Waals surface area contributed by atoms with Crippen molar-refractivity contribution in [3.63, 3.8) is 0 Å². The molecule has 2 fully saturated rings. The van der Waals surface area contributed by atoms with Crippen LogP contribution in [0.2, 0.25) is 0 Å². The van der Waals surface area contributed by atoms with Crippen molar-refractivity contribution in [2.24, 2.45) is 5.92 Å². The number of benzene rings is 1. The maximum absolute atomic E-state index is 12.9. The Morgan fingerprint density at radius 1 is 1.10 bits per heavy atom. The first-order chi connectivity index (χ1) is 15.1. The van der Waals surface area contributed by atoms with E-state index in [9.17, 15) is 14.0 Å². The van der Waals surface area contributed by atoms with Gasteiger partial charge in [-0.05, 0) is 43.4 Å². The number of carbonyl (C=O) groups excluding carboxylic acids is 2. The van der Waals surface area contributed by atoms with Crippen LogP contribution < -0.4 is 15.5 Å². The molecule has 1 saturated heterocycles. The van der Waals surface area contributed by atoms with Gasteiger partial charge in [-0.1, -0.05) is 23.9 Å². The quantitative estimate of drug-likeness (QED) is 0.482. The highest BCUT2D eigenvalue weighted by Crippen LogP contribution is 2.26. The Morgan fingerprint density at radius 2 is 1.84 bits per heavy atom. The van der Waals surface area contributed by atoms with Gasteiger partial charge in [-0.25, -0.2) is 14.4 Å². The van der Waals surface area contributed by atoms with Crippen LogP contribution in [0.5, 0.6) is 0 Å². The summed E-state index contributed by atoms with van der Waals surface area (Å²) in [5, 5.41) is 6.65. The smallest absolute Gasteiger partial charge is 0.230 e. The predicted octanol–water partition coefficient (Wildman–Crippen LogP) is 2.52. The highest BCUT2D eigenvalue weighted by molar-refractivity contribution is 7.99. The molecule has 31 heavy (non-hydrogen) atoms. The molecule has 1 aromatic heterocycles. The number of aromatic nitrogens is 2. The van der Waals surface area contributed by atoms with Crippen LogP contribution >= 0.6 is 11.8 Å². The predicted molar refractivity (Wildman–Crippen MR) is 117 cm³/mol. The maximum atomic E-state index is 12.9. The van der Waals surface area contributed by atoms with Gasteiger partial charge in [0.25, 0.3) is 0 Å². The van der Waals surface area contributed by atoms with E-state index < -0.39 is 0 Å². The topological polar surface area (TPSA) is 87.2 Å². The molecule has 9 heteroatoms. The van der Waals surface area contributed by atoms with Crippen molar-refractivity contribution in [3.8, 4) is 0 Å². The normalized spacial score (nSPS) is 16.7. The minimum Gasteiger partial charge on any atom is -0.356 e. The van der Waals surface area contributed by atoms with Crippen LogP contribution in [-0.4, -0.2) is 46.7 Å². The highest BCUT2D eigenvalue weighted by Gasteiger charge is 2.30. The van der Waals surface area contributed by atoms with Gasteiger partial charge >= 0.3 is 0 Å². The number of piperidine rings is 1. The largest absolute Gasteiger partial charge is 0.356 e. The Hall–Kier alpha value is -2.68. The standard InChI is InChI=1S/C22H26FN5O2S/c23-17-3-1-15(2-4-17)12-24-20(29)13-31-21-11-19(25-14-26-21)28-9-7-16(8-10-28)22(30)27-18-5-6-18/h1-4,11,14,16,18H,5-10,12-13H2,(H,24,29)(H,27,30). The molecule has 4 rings (SSSR count). The lowest BCUT2D eigenvalue weighted by Crippen LogP contribution is -2.41. The Kier molecular flexibility index (Phi) is 7.01. The molecule has 0 atom stereocenters. The molecule has 2 aliphatic rings. The minimum atomic E-state index is -0.295. The summed E-state index contributed by atoms with van der Waals surface area (Å²) in [6, 6.07) is 8.35. The van der Waals surface area contributed by atoms with Gasteiger partial charge in [0.2, 0.25) is 11.8 Å². The number of nitrogens with one attached hydrogen (secondary N) is 2. The summed E-state index contributed by atoms with van der Waals surface area (Å²) in [5.74, 6) is 0.921. The molecule has 1 saturated carbocycles. The molecule has 0 radical (unpaired) electrons. The van der Waals surface area contributed by atoms with Crippen LogP contribution in [0, 0.1) is 11.7 Å². The SMILES string of the molecule is O=C(CSc1cc(N2CCC(C(=O)NC3CC3)CC2)ncn1)NCc1ccc(F)cc1. The molecule has 2 aromatic rings. The lowest BCUT2D eigenvalue weighted by molar-refractivity contribution is -0.125. The summed E-state index contributed by atoms with van der Waals surface area (Å²) < 4.78 is 12.9. The van der Waals surface area contributed by atoms with E-state index in [0.717, 1.165) is 55.2 Å². The van der Waals surface area contributed by atoms with Gasteiger partial charge in [-0.3, -0.25) is 9.59 Å². The number of hydrogen-bond donors (Lipinski definition) is 2. The van der Waals surface area contributed by atoms with Crippen molar-refractivity contribution in [1.82, 2.24) is 20.6 Å². The van der Waals surface area contributed by atoms with Crippen molar-refractivity contribution in [3.05, 3.63) is 48.0 Å². The third-order valence-corrected chi connectivity index (χ3v) is 6.42. The monoisotopic (exact) mass is 443 g/mol. The van der Waals surface area contributed by atoms with Crippen molar-refractivity contribution in [2.75, 3.05) is 23.7 Å². The van der Waals surface area contributed by atoms with Crippen molar-refractivity contribution < 1.29 is 14.0 Å². The van der Waals surface area contributed by atoms with E-state index in [0.29, 0.717) is 12.6 Å². The zero-order valence-electron chi connectivity index (χ0n) is 17.2. The Morgan fingerprint density at radius 3 is 2.55 bits per heavy atom. The second kappa shape index (κ2) is 10.1. The highest BCUT2D eigenvalue weighted by atomic mass is 32.2. The summed E-state index contributed by atoms with van der Waals surface area (Å²) in [7, 11) is 0. The molecular weight excluding hydrogens is 417 g/mol. The van der Waals surface area contributed by atoms with Gasteiger partial charge in [-0.2, -0.15) is 0 Å². The molecular formula is C22H26FN5O2S. The summed E-state index contributed by atoms with van der Waals surface area (Å²) >= 11 is 1.35. The number of halogens is 1. The van der Waals surface area contributed by atoms with E-state index >= 15 is 0 Å².